The van der Waals surface area contributed by atoms with Crippen LogP contribution in [0.1, 0.15) is 68.1 Å². The van der Waals surface area contributed by atoms with Gasteiger partial charge in [0, 0.05) is 64.4 Å². The molecule has 1 aliphatic carbocycles. The lowest BCUT2D eigenvalue weighted by Gasteiger charge is -2.59. The van der Waals surface area contributed by atoms with E-state index in [0.717, 1.165) is 27.8 Å². The van der Waals surface area contributed by atoms with Crippen LogP contribution in [0.2, 0.25) is 0 Å². The summed E-state index contributed by atoms with van der Waals surface area (Å²) >= 11 is 19.2. The van der Waals surface area contributed by atoms with Gasteiger partial charge in [-0.1, -0.05) is 89.4 Å². The summed E-state index contributed by atoms with van der Waals surface area (Å²) in [6.45, 7) is 3.00. The molecule has 1 amide bonds. The van der Waals surface area contributed by atoms with Crippen molar-refractivity contribution >= 4 is 58.6 Å². The maximum absolute atomic E-state index is 14.6. The average Bonchev–Trinajstić information content (AvgIpc) is 3.91. The number of halogens is 3. The molecule has 66 heavy (non-hydrogen) atoms. The van der Waals surface area contributed by atoms with Crippen molar-refractivity contribution < 1.29 is 48.2 Å². The second kappa shape index (κ2) is 18.8. The lowest BCUT2D eigenvalue weighted by molar-refractivity contribution is -0.196. The number of aryl methyl sites for hydroxylation is 1. The van der Waals surface area contributed by atoms with Gasteiger partial charge in [0.1, 0.15) is 37.7 Å². The van der Waals surface area contributed by atoms with Crippen molar-refractivity contribution in [3.05, 3.63) is 105 Å². The summed E-state index contributed by atoms with van der Waals surface area (Å²) in [5.41, 5.74) is 9.90. The van der Waals surface area contributed by atoms with E-state index >= 15 is 0 Å². The molecule has 9 rings (SSSR count). The van der Waals surface area contributed by atoms with Crippen molar-refractivity contribution in [3.63, 3.8) is 0 Å². The number of ether oxygens (including phenoxy) is 5. The minimum atomic E-state index is -1.88. The molecule has 2 unspecified atom stereocenters. The van der Waals surface area contributed by atoms with E-state index in [1.54, 1.807) is 14.2 Å². The number of thioether (sulfide) groups is 1. The van der Waals surface area contributed by atoms with Crippen molar-refractivity contribution in [2.75, 3.05) is 52.8 Å². The molecule has 4 aromatic carbocycles. The fourth-order valence-corrected chi connectivity index (χ4v) is 12.1. The van der Waals surface area contributed by atoms with Crippen molar-refractivity contribution in [1.82, 2.24) is 15.1 Å². The number of methoxy groups -OCH3 is 2. The predicted molar refractivity (Wildman–Crippen MR) is 249 cm³/mol. The zero-order valence-corrected chi connectivity index (χ0v) is 40.0. The highest BCUT2D eigenvalue weighted by atomic mass is 35.6. The van der Waals surface area contributed by atoms with Gasteiger partial charge >= 0.3 is 12.1 Å². The van der Waals surface area contributed by atoms with Crippen LogP contribution in [-0.2, 0) is 43.3 Å². The molecule has 5 aliphatic rings. The number of benzene rings is 4. The third-order valence-corrected chi connectivity index (χ3v) is 15.0. The smallest absolute Gasteiger partial charge is 0.408 e. The van der Waals surface area contributed by atoms with Gasteiger partial charge in [-0.2, -0.15) is 21.9 Å². The van der Waals surface area contributed by atoms with Crippen LogP contribution in [-0.4, -0.2) is 108 Å². The monoisotopic (exact) mass is 978 g/mol. The van der Waals surface area contributed by atoms with E-state index < -0.39 is 46.6 Å². The molecule has 4 heterocycles. The third kappa shape index (κ3) is 8.27. The van der Waals surface area contributed by atoms with E-state index in [4.69, 9.17) is 68.3 Å². The lowest BCUT2D eigenvalue weighted by Crippen LogP contribution is -2.68. The zero-order valence-electron chi connectivity index (χ0n) is 36.9. The number of phenols is 1. The first-order valence-corrected chi connectivity index (χ1v) is 23.8. The number of fused-ring (bicyclic) bond motifs is 12. The van der Waals surface area contributed by atoms with Crippen molar-refractivity contribution in [1.29, 1.82) is 5.26 Å². The van der Waals surface area contributed by atoms with Crippen molar-refractivity contribution in [3.8, 4) is 40.2 Å². The number of piperazine rings is 1. The Morgan fingerprint density at radius 3 is 2.38 bits per heavy atom. The number of carbonyl (C=O) groups is 2. The number of hydrogen-bond donors (Lipinski definition) is 2. The normalized spacial score (nSPS) is 22.0. The molecule has 348 valence electrons. The van der Waals surface area contributed by atoms with Gasteiger partial charge in [-0.15, -0.1) is 0 Å². The van der Waals surface area contributed by atoms with Crippen LogP contribution in [0.5, 0.6) is 23.0 Å². The maximum atomic E-state index is 14.6. The van der Waals surface area contributed by atoms with E-state index in [-0.39, 0.29) is 49.5 Å². The Kier molecular flexibility index (Phi) is 13.2. The Bertz CT molecular complexity index is 2560. The van der Waals surface area contributed by atoms with Crippen molar-refractivity contribution in [2.45, 2.75) is 79.3 Å². The lowest BCUT2D eigenvalue weighted by atomic mass is 9.71. The topological polar surface area (TPSA) is 161 Å². The first-order valence-electron chi connectivity index (χ1n) is 21.6. The van der Waals surface area contributed by atoms with Gasteiger partial charge in [-0.05, 0) is 67.1 Å². The number of alkyl halides is 3. The molecule has 0 spiro atoms. The number of likely N-dealkylation sites (N-methyl/N-ethyl adjacent to an activating group) is 1. The van der Waals surface area contributed by atoms with Gasteiger partial charge in [-0.25, -0.2) is 9.59 Å². The zero-order chi connectivity index (χ0) is 46.6. The molecule has 14 nitrogen and oxygen atoms in total. The molecule has 2 bridgehead atoms. The molecular weight excluding hydrogens is 931 g/mol. The molecular formula is C48H49Cl3N4O10S. The number of esters is 1. The van der Waals surface area contributed by atoms with E-state index in [0.29, 0.717) is 58.1 Å². The quantitative estimate of drug-likeness (QED) is 0.0572. The second-order valence-electron chi connectivity index (χ2n) is 17.2. The highest BCUT2D eigenvalue weighted by Gasteiger charge is 2.57. The van der Waals surface area contributed by atoms with Gasteiger partial charge < -0.3 is 39.0 Å². The highest BCUT2D eigenvalue weighted by Crippen LogP contribution is 2.57. The van der Waals surface area contributed by atoms with Crippen LogP contribution < -0.4 is 19.7 Å². The molecule has 2 N–H and O–H groups in total. The number of alkyl carbamates (subject to hydrolysis) is 1. The number of hydrogen-bond acceptors (Lipinski definition) is 14. The predicted octanol–water partition coefficient (Wildman–Crippen LogP) is 8.15. The second-order valence-corrected chi connectivity index (χ2v) is 20.8. The Hall–Kier alpha value is -4.63. The molecule has 0 saturated carbocycles. The number of nitriles is 1. The van der Waals surface area contributed by atoms with Gasteiger partial charge in [-0.3, -0.25) is 9.80 Å². The number of phenolic OH excluding ortho intramolecular Hbond substituents is 1. The number of nitrogens with one attached hydrogen (secondary N) is 1. The SMILES string of the molecule is COCOc1c(OC)c(C)cc2c1[C@@H]1C3Cc4c(O)c(C)c5c(c4[C@H](COC(=O)[C@@H](CSCC4c6ccccc6-c6ccccc64)NC(=O)OCC(Cl)(Cl)Cl)N3C(C#N)[C@H](C2)N1C)OOC5. The van der Waals surface area contributed by atoms with Gasteiger partial charge in [0.15, 0.2) is 24.0 Å². The molecule has 0 aromatic heterocycles. The molecule has 4 aromatic rings. The molecule has 0 radical (unpaired) electrons. The first-order chi connectivity index (χ1) is 31.8. The Labute approximate surface area is 402 Å². The molecule has 18 heteroatoms. The van der Waals surface area contributed by atoms with E-state index in [9.17, 15) is 20.0 Å². The van der Waals surface area contributed by atoms with Crippen LogP contribution in [0.3, 0.4) is 0 Å². The molecule has 4 aliphatic heterocycles. The summed E-state index contributed by atoms with van der Waals surface area (Å²) in [6.07, 6.45) is -0.172. The molecule has 1 fully saturated rings. The van der Waals surface area contributed by atoms with E-state index in [2.05, 4.69) is 51.5 Å². The van der Waals surface area contributed by atoms with Crippen LogP contribution in [0, 0.1) is 25.2 Å². The van der Waals surface area contributed by atoms with Crippen LogP contribution in [0.4, 0.5) is 4.79 Å². The summed E-state index contributed by atoms with van der Waals surface area (Å²) in [5.74, 6) is 1.60. The van der Waals surface area contributed by atoms with E-state index in [1.165, 1.54) is 22.9 Å². The van der Waals surface area contributed by atoms with E-state index in [1.807, 2.05) is 45.2 Å². The van der Waals surface area contributed by atoms with Crippen LogP contribution >= 0.6 is 46.6 Å². The number of nitrogens with zero attached hydrogens (tertiary/aromatic N) is 3. The Morgan fingerprint density at radius 2 is 1.71 bits per heavy atom. The Morgan fingerprint density at radius 1 is 1.00 bits per heavy atom. The number of carbonyl (C=O) groups excluding carboxylic acids is 2. The van der Waals surface area contributed by atoms with Gasteiger partial charge in [0.25, 0.3) is 0 Å². The Balaban J connectivity index is 1.06. The summed E-state index contributed by atoms with van der Waals surface area (Å²) < 4.78 is 27.3. The summed E-state index contributed by atoms with van der Waals surface area (Å²) in [6, 6.07) is 17.3. The minimum absolute atomic E-state index is 0.0288. The van der Waals surface area contributed by atoms with Crippen LogP contribution in [0.15, 0.2) is 54.6 Å². The highest BCUT2D eigenvalue weighted by molar-refractivity contribution is 7.99. The van der Waals surface area contributed by atoms with Gasteiger partial charge in [0.2, 0.25) is 3.79 Å². The number of aromatic hydroxyl groups is 1. The summed E-state index contributed by atoms with van der Waals surface area (Å²) in [4.78, 5) is 43.5. The minimum Gasteiger partial charge on any atom is -0.507 e. The van der Waals surface area contributed by atoms with Crippen molar-refractivity contribution in [2.24, 2.45) is 0 Å². The number of amides is 1. The summed E-state index contributed by atoms with van der Waals surface area (Å²) in [7, 11) is 5.15. The third-order valence-electron chi connectivity index (χ3n) is 13.6. The van der Waals surface area contributed by atoms with Crippen LogP contribution in [0.25, 0.3) is 11.1 Å². The summed E-state index contributed by atoms with van der Waals surface area (Å²) in [5, 5.41) is 25.9. The molecule has 6 atom stereocenters. The molecule has 1 saturated heterocycles. The average molecular weight is 980 g/mol. The largest absolute Gasteiger partial charge is 0.507 e. The number of rotatable bonds is 13. The fraction of sp³-hybridized carbons (Fsp3) is 0.438. The first kappa shape index (κ1) is 46.5. The van der Waals surface area contributed by atoms with Gasteiger partial charge in [0.05, 0.1) is 25.3 Å². The fourth-order valence-electron chi connectivity index (χ4n) is 10.8. The maximum Gasteiger partial charge on any atom is 0.408 e. The standard InChI is InChI=1S/C48H49Cl3N4O10S/c1-24-14-26-15-35-37(17-52)55-36(41(54(35)3)39(26)45(43(24)60-5)63-23-59-4)16-31-40(44-32(18-64-65-44)25(2)42(31)56)38(55)19-61-46(57)34(53-47(58)62-22-48(49,50)51)21-66-20-33-29-12-8-6-10-27(29)28-11-7-9-13-30(28)33/h6-14,33-38,41,56H,15-16,18-23H2,1-5H3,(H,53,58)/t34-,35+,36?,37?,38+,41+/m1/s1.